The molecule has 1 aromatic heterocycles. The summed E-state index contributed by atoms with van der Waals surface area (Å²) in [6.07, 6.45) is 1.07. The maximum Gasteiger partial charge on any atom is 0.419 e. The highest BCUT2D eigenvalue weighted by Gasteiger charge is 2.11. The van der Waals surface area contributed by atoms with E-state index in [2.05, 4.69) is 0 Å². The molecule has 1 aromatic carbocycles. The highest BCUT2D eigenvalue weighted by molar-refractivity contribution is 5.76. The molecule has 0 aliphatic rings. The lowest BCUT2D eigenvalue weighted by atomic mass is 10.0. The van der Waals surface area contributed by atoms with Crippen molar-refractivity contribution >= 4 is 16.9 Å². The highest BCUT2D eigenvalue weighted by Crippen LogP contribution is 2.21. The number of nitrogens with zero attached hydrogens (tertiary/aromatic N) is 1. The molecule has 0 fully saturated rings. The van der Waals surface area contributed by atoms with Gasteiger partial charge < -0.3 is 14.9 Å². The average molecular weight is 248 g/mol. The molecule has 0 spiro atoms. The molecule has 2 rings (SSSR count). The quantitative estimate of drug-likeness (QED) is 0.889. The molecule has 0 radical (unpaired) electrons. The number of aromatic nitrogens is 1. The number of carbonyl (C=O) groups is 1. The van der Waals surface area contributed by atoms with Crippen molar-refractivity contribution in [2.45, 2.75) is 25.8 Å². The standard InChI is InChI=1S/C13H16N2O3/c1-8(16)3-5-10(14)9-4-6-12-11(7-9)15(2)13(17)18-12/h4,6-7,10H,3,5,14H2,1-2H3. The molecule has 18 heavy (non-hydrogen) atoms. The molecule has 0 amide bonds. The van der Waals surface area contributed by atoms with Crippen molar-refractivity contribution in [1.82, 2.24) is 4.57 Å². The number of hydrogen-bond donors (Lipinski definition) is 1. The maximum atomic E-state index is 11.4. The zero-order valence-electron chi connectivity index (χ0n) is 10.5. The number of Topliss-reactive ketones (excluding diaryl/α,β-unsaturated/α-hetero) is 1. The Kier molecular flexibility index (Phi) is 3.34. The topological polar surface area (TPSA) is 78.2 Å². The largest absolute Gasteiger partial charge is 0.419 e. The number of nitrogens with two attached hydrogens (primary N) is 1. The molecule has 0 aliphatic carbocycles. The van der Waals surface area contributed by atoms with Gasteiger partial charge in [-0.1, -0.05) is 6.07 Å². The van der Waals surface area contributed by atoms with Crippen molar-refractivity contribution in [2.75, 3.05) is 0 Å². The van der Waals surface area contributed by atoms with E-state index in [0.717, 1.165) is 11.1 Å². The summed E-state index contributed by atoms with van der Waals surface area (Å²) >= 11 is 0. The van der Waals surface area contributed by atoms with Gasteiger partial charge in [0.15, 0.2) is 5.58 Å². The first kappa shape index (κ1) is 12.6. The van der Waals surface area contributed by atoms with Crippen LogP contribution in [0, 0.1) is 0 Å². The number of ketones is 1. The number of aryl methyl sites for hydroxylation is 1. The van der Waals surface area contributed by atoms with E-state index in [4.69, 9.17) is 10.2 Å². The van der Waals surface area contributed by atoms with E-state index in [1.54, 1.807) is 20.0 Å². The first-order chi connectivity index (χ1) is 8.49. The zero-order valence-corrected chi connectivity index (χ0v) is 10.5. The summed E-state index contributed by atoms with van der Waals surface area (Å²) < 4.78 is 6.49. The van der Waals surface area contributed by atoms with Crippen LogP contribution in [0.3, 0.4) is 0 Å². The Morgan fingerprint density at radius 1 is 1.50 bits per heavy atom. The fourth-order valence-electron chi connectivity index (χ4n) is 1.90. The van der Waals surface area contributed by atoms with Gasteiger partial charge >= 0.3 is 5.76 Å². The number of benzene rings is 1. The second kappa shape index (κ2) is 4.78. The third-order valence-corrected chi connectivity index (χ3v) is 3.05. The lowest BCUT2D eigenvalue weighted by Crippen LogP contribution is -2.12. The fraction of sp³-hybridized carbons (Fsp3) is 0.385. The number of carbonyl (C=O) groups excluding carboxylic acids is 1. The third kappa shape index (κ3) is 2.36. The minimum Gasteiger partial charge on any atom is -0.408 e. The van der Waals surface area contributed by atoms with Crippen LogP contribution >= 0.6 is 0 Å². The third-order valence-electron chi connectivity index (χ3n) is 3.05. The predicted molar refractivity (Wildman–Crippen MR) is 68.3 cm³/mol. The molecule has 0 aliphatic heterocycles. The van der Waals surface area contributed by atoms with Gasteiger partial charge in [0.05, 0.1) is 5.52 Å². The molecule has 2 aromatic rings. The van der Waals surface area contributed by atoms with Gasteiger partial charge in [-0.05, 0) is 31.0 Å². The van der Waals surface area contributed by atoms with Crippen molar-refractivity contribution < 1.29 is 9.21 Å². The van der Waals surface area contributed by atoms with Crippen molar-refractivity contribution in [3.05, 3.63) is 34.3 Å². The van der Waals surface area contributed by atoms with Gasteiger partial charge in [-0.2, -0.15) is 0 Å². The van der Waals surface area contributed by atoms with Crippen LogP contribution in [-0.4, -0.2) is 10.4 Å². The summed E-state index contributed by atoms with van der Waals surface area (Å²) in [6.45, 7) is 1.55. The summed E-state index contributed by atoms with van der Waals surface area (Å²) in [4.78, 5) is 22.3. The first-order valence-electron chi connectivity index (χ1n) is 5.83. The summed E-state index contributed by atoms with van der Waals surface area (Å²) in [5.41, 5.74) is 8.19. The molecule has 5 nitrogen and oxygen atoms in total. The van der Waals surface area contributed by atoms with Crippen molar-refractivity contribution in [1.29, 1.82) is 0 Å². The van der Waals surface area contributed by atoms with E-state index in [9.17, 15) is 9.59 Å². The molecular formula is C13H16N2O3. The minimum absolute atomic E-state index is 0.127. The highest BCUT2D eigenvalue weighted by atomic mass is 16.4. The molecule has 5 heteroatoms. The van der Waals surface area contributed by atoms with Crippen LogP contribution in [0.25, 0.3) is 11.1 Å². The Bertz CT molecular complexity index is 639. The average Bonchev–Trinajstić information content (AvgIpc) is 2.62. The SMILES string of the molecule is CC(=O)CCC(N)c1ccc2oc(=O)n(C)c2c1. The second-order valence-corrected chi connectivity index (χ2v) is 4.50. The summed E-state index contributed by atoms with van der Waals surface area (Å²) in [5, 5.41) is 0. The van der Waals surface area contributed by atoms with E-state index in [-0.39, 0.29) is 17.6 Å². The van der Waals surface area contributed by atoms with Gasteiger partial charge in [0, 0.05) is 19.5 Å². The van der Waals surface area contributed by atoms with Gasteiger partial charge in [0.1, 0.15) is 5.78 Å². The van der Waals surface area contributed by atoms with Crippen molar-refractivity contribution in [2.24, 2.45) is 12.8 Å². The Hall–Kier alpha value is -1.88. The fourth-order valence-corrected chi connectivity index (χ4v) is 1.90. The molecule has 0 saturated heterocycles. The van der Waals surface area contributed by atoms with E-state index in [1.807, 2.05) is 12.1 Å². The second-order valence-electron chi connectivity index (χ2n) is 4.50. The monoisotopic (exact) mass is 248 g/mol. The first-order valence-corrected chi connectivity index (χ1v) is 5.83. The van der Waals surface area contributed by atoms with Gasteiger partial charge in [0.25, 0.3) is 0 Å². The van der Waals surface area contributed by atoms with Crippen molar-refractivity contribution in [3.8, 4) is 0 Å². The Labute approximate surface area is 104 Å². The summed E-state index contributed by atoms with van der Waals surface area (Å²) in [7, 11) is 1.65. The molecule has 2 N–H and O–H groups in total. The van der Waals surface area contributed by atoms with Gasteiger partial charge in [-0.3, -0.25) is 4.57 Å². The van der Waals surface area contributed by atoms with E-state index in [0.29, 0.717) is 18.4 Å². The number of fused-ring (bicyclic) bond motifs is 1. The maximum absolute atomic E-state index is 11.4. The van der Waals surface area contributed by atoms with E-state index < -0.39 is 0 Å². The molecule has 1 atom stereocenters. The molecular weight excluding hydrogens is 232 g/mol. The van der Waals surface area contributed by atoms with Crippen LogP contribution in [0.5, 0.6) is 0 Å². The summed E-state index contributed by atoms with van der Waals surface area (Å²) in [6, 6.07) is 5.20. The van der Waals surface area contributed by atoms with E-state index >= 15 is 0 Å². The number of oxazole rings is 1. The Balaban J connectivity index is 2.31. The lowest BCUT2D eigenvalue weighted by Gasteiger charge is -2.10. The van der Waals surface area contributed by atoms with E-state index in [1.165, 1.54) is 4.57 Å². The molecule has 1 heterocycles. The van der Waals surface area contributed by atoms with Crippen LogP contribution < -0.4 is 11.5 Å². The van der Waals surface area contributed by atoms with Crippen LogP contribution in [0.4, 0.5) is 0 Å². The van der Waals surface area contributed by atoms with Crippen LogP contribution in [-0.2, 0) is 11.8 Å². The lowest BCUT2D eigenvalue weighted by molar-refractivity contribution is -0.117. The normalized spacial score (nSPS) is 12.8. The van der Waals surface area contributed by atoms with Crippen LogP contribution in [0.1, 0.15) is 31.4 Å². The van der Waals surface area contributed by atoms with Crippen molar-refractivity contribution in [3.63, 3.8) is 0 Å². The number of rotatable bonds is 4. The van der Waals surface area contributed by atoms with Gasteiger partial charge in [0.2, 0.25) is 0 Å². The summed E-state index contributed by atoms with van der Waals surface area (Å²) in [5.74, 6) is -0.262. The minimum atomic E-state index is -0.389. The Morgan fingerprint density at radius 3 is 2.89 bits per heavy atom. The van der Waals surface area contributed by atoms with Crippen LogP contribution in [0.15, 0.2) is 27.4 Å². The predicted octanol–water partition coefficient (Wildman–Crippen LogP) is 1.50. The Morgan fingerprint density at radius 2 is 2.22 bits per heavy atom. The molecule has 0 saturated carbocycles. The van der Waals surface area contributed by atoms with Crippen LogP contribution in [0.2, 0.25) is 0 Å². The number of hydrogen-bond acceptors (Lipinski definition) is 4. The van der Waals surface area contributed by atoms with Gasteiger partial charge in [-0.15, -0.1) is 0 Å². The molecule has 1 unspecified atom stereocenters. The molecule has 0 bridgehead atoms. The zero-order chi connectivity index (χ0) is 13.3. The molecule has 96 valence electrons. The van der Waals surface area contributed by atoms with Gasteiger partial charge in [-0.25, -0.2) is 4.79 Å². The smallest absolute Gasteiger partial charge is 0.408 e.